The standard InChI is InChI=1S/C14H17N3O3/c18-14(19)9-11-12(10-16-5-7-20-8-6-16)17-4-2-1-3-13(17)15-11/h1-4H,5-10H2,(H,18,19). The molecule has 0 unspecified atom stereocenters. The maximum absolute atomic E-state index is 11.0. The van der Waals surface area contributed by atoms with Gasteiger partial charge in [0.2, 0.25) is 0 Å². The quantitative estimate of drug-likeness (QED) is 0.893. The van der Waals surface area contributed by atoms with E-state index in [0.29, 0.717) is 12.2 Å². The first kappa shape index (κ1) is 13.1. The van der Waals surface area contributed by atoms with E-state index in [0.717, 1.165) is 37.6 Å². The van der Waals surface area contributed by atoms with Crippen LogP contribution in [0.1, 0.15) is 11.4 Å². The fourth-order valence-corrected chi connectivity index (χ4v) is 2.52. The number of carboxylic acid groups (broad SMARTS) is 1. The van der Waals surface area contributed by atoms with Gasteiger partial charge < -0.3 is 14.2 Å². The van der Waals surface area contributed by atoms with Crippen LogP contribution in [0.15, 0.2) is 24.4 Å². The Morgan fingerprint density at radius 1 is 1.35 bits per heavy atom. The zero-order chi connectivity index (χ0) is 13.9. The molecule has 2 aromatic rings. The van der Waals surface area contributed by atoms with Gasteiger partial charge in [-0.1, -0.05) is 6.07 Å². The molecule has 2 aromatic heterocycles. The molecule has 0 aliphatic carbocycles. The van der Waals surface area contributed by atoms with Gasteiger partial charge in [-0.3, -0.25) is 9.69 Å². The summed E-state index contributed by atoms with van der Waals surface area (Å²) in [4.78, 5) is 17.7. The molecule has 0 amide bonds. The number of rotatable bonds is 4. The summed E-state index contributed by atoms with van der Waals surface area (Å²) >= 11 is 0. The Morgan fingerprint density at radius 2 is 2.15 bits per heavy atom. The lowest BCUT2D eigenvalue weighted by Gasteiger charge is -2.26. The molecule has 3 rings (SSSR count). The number of ether oxygens (including phenoxy) is 1. The van der Waals surface area contributed by atoms with Crippen LogP contribution in [-0.4, -0.2) is 51.7 Å². The second-order valence-corrected chi connectivity index (χ2v) is 4.89. The van der Waals surface area contributed by atoms with Crippen LogP contribution in [0.5, 0.6) is 0 Å². The van der Waals surface area contributed by atoms with Crippen LogP contribution in [0.25, 0.3) is 5.65 Å². The smallest absolute Gasteiger partial charge is 0.309 e. The number of aliphatic carboxylic acids is 1. The third kappa shape index (κ3) is 2.66. The minimum absolute atomic E-state index is 0.0403. The van der Waals surface area contributed by atoms with Crippen molar-refractivity contribution >= 4 is 11.6 Å². The Kier molecular flexibility index (Phi) is 3.66. The van der Waals surface area contributed by atoms with E-state index in [1.807, 2.05) is 28.8 Å². The molecule has 1 fully saturated rings. The first-order valence-electron chi connectivity index (χ1n) is 6.71. The van der Waals surface area contributed by atoms with Crippen molar-refractivity contribution in [3.05, 3.63) is 35.8 Å². The van der Waals surface area contributed by atoms with E-state index in [1.165, 1.54) is 0 Å². The molecule has 0 saturated carbocycles. The Morgan fingerprint density at radius 3 is 2.90 bits per heavy atom. The third-order valence-corrected chi connectivity index (χ3v) is 3.51. The molecule has 0 radical (unpaired) electrons. The van der Waals surface area contributed by atoms with Crippen molar-refractivity contribution in [2.75, 3.05) is 26.3 Å². The highest BCUT2D eigenvalue weighted by Crippen LogP contribution is 2.16. The lowest BCUT2D eigenvalue weighted by atomic mass is 10.2. The molecule has 0 spiro atoms. The highest BCUT2D eigenvalue weighted by Gasteiger charge is 2.18. The number of hydrogen-bond donors (Lipinski definition) is 1. The average molecular weight is 275 g/mol. The fraction of sp³-hybridized carbons (Fsp3) is 0.429. The van der Waals surface area contributed by atoms with Gasteiger partial charge in [0.1, 0.15) is 5.65 Å². The van der Waals surface area contributed by atoms with Crippen LogP contribution in [0.3, 0.4) is 0 Å². The number of nitrogens with zero attached hydrogens (tertiary/aromatic N) is 3. The highest BCUT2D eigenvalue weighted by atomic mass is 16.5. The van der Waals surface area contributed by atoms with Gasteiger partial charge in [-0.05, 0) is 12.1 Å². The SMILES string of the molecule is O=C(O)Cc1nc2ccccn2c1CN1CCOCC1. The molecule has 106 valence electrons. The van der Waals surface area contributed by atoms with Crippen molar-refractivity contribution in [1.29, 1.82) is 0 Å². The summed E-state index contributed by atoms with van der Waals surface area (Å²) in [5.41, 5.74) is 2.41. The molecule has 3 heterocycles. The van der Waals surface area contributed by atoms with Crippen molar-refractivity contribution in [3.8, 4) is 0 Å². The van der Waals surface area contributed by atoms with Crippen molar-refractivity contribution in [3.63, 3.8) is 0 Å². The van der Waals surface area contributed by atoms with Crippen molar-refractivity contribution in [1.82, 2.24) is 14.3 Å². The number of morpholine rings is 1. The topological polar surface area (TPSA) is 67.1 Å². The highest BCUT2D eigenvalue weighted by molar-refractivity contribution is 5.70. The summed E-state index contributed by atoms with van der Waals surface area (Å²) in [5, 5.41) is 9.04. The van der Waals surface area contributed by atoms with Crippen LogP contribution in [0.2, 0.25) is 0 Å². The van der Waals surface area contributed by atoms with E-state index in [2.05, 4.69) is 9.88 Å². The van der Waals surface area contributed by atoms with Gasteiger partial charge in [-0.15, -0.1) is 0 Å². The minimum atomic E-state index is -0.850. The van der Waals surface area contributed by atoms with Crippen LogP contribution >= 0.6 is 0 Å². The molecule has 20 heavy (non-hydrogen) atoms. The second-order valence-electron chi connectivity index (χ2n) is 4.89. The normalized spacial score (nSPS) is 16.6. The number of aromatic nitrogens is 2. The van der Waals surface area contributed by atoms with Crippen LogP contribution in [0, 0.1) is 0 Å². The van der Waals surface area contributed by atoms with Gasteiger partial charge in [-0.25, -0.2) is 4.98 Å². The summed E-state index contributed by atoms with van der Waals surface area (Å²) in [7, 11) is 0. The van der Waals surface area contributed by atoms with Crippen molar-refractivity contribution in [2.24, 2.45) is 0 Å². The van der Waals surface area contributed by atoms with Gasteiger partial charge in [0.05, 0.1) is 31.0 Å². The summed E-state index contributed by atoms with van der Waals surface area (Å²) in [6.45, 7) is 3.90. The lowest BCUT2D eigenvalue weighted by Crippen LogP contribution is -2.36. The Labute approximate surface area is 116 Å². The van der Waals surface area contributed by atoms with Gasteiger partial charge in [0.25, 0.3) is 0 Å². The molecule has 0 aromatic carbocycles. The summed E-state index contributed by atoms with van der Waals surface area (Å²) in [5.74, 6) is -0.850. The fourth-order valence-electron chi connectivity index (χ4n) is 2.52. The van der Waals surface area contributed by atoms with Crippen molar-refractivity contribution in [2.45, 2.75) is 13.0 Å². The van der Waals surface area contributed by atoms with E-state index >= 15 is 0 Å². The Hall–Kier alpha value is -1.92. The van der Waals surface area contributed by atoms with Gasteiger partial charge >= 0.3 is 5.97 Å². The zero-order valence-electron chi connectivity index (χ0n) is 11.2. The molecule has 1 N–H and O–H groups in total. The monoisotopic (exact) mass is 275 g/mol. The summed E-state index contributed by atoms with van der Waals surface area (Å²) in [6, 6.07) is 5.74. The minimum Gasteiger partial charge on any atom is -0.481 e. The largest absolute Gasteiger partial charge is 0.481 e. The average Bonchev–Trinajstić information content (AvgIpc) is 2.77. The molecule has 1 saturated heterocycles. The third-order valence-electron chi connectivity index (χ3n) is 3.51. The van der Waals surface area contributed by atoms with E-state index in [-0.39, 0.29) is 6.42 Å². The molecular formula is C14H17N3O3. The lowest BCUT2D eigenvalue weighted by molar-refractivity contribution is -0.136. The van der Waals surface area contributed by atoms with Gasteiger partial charge in [0.15, 0.2) is 0 Å². The number of carboxylic acids is 1. The molecule has 1 aliphatic heterocycles. The van der Waals surface area contributed by atoms with E-state index in [1.54, 1.807) is 0 Å². The maximum atomic E-state index is 11.0. The van der Waals surface area contributed by atoms with Gasteiger partial charge in [0, 0.05) is 25.8 Å². The van der Waals surface area contributed by atoms with E-state index in [9.17, 15) is 4.79 Å². The van der Waals surface area contributed by atoms with Crippen LogP contribution < -0.4 is 0 Å². The molecule has 0 bridgehead atoms. The number of pyridine rings is 1. The van der Waals surface area contributed by atoms with Crippen LogP contribution in [-0.2, 0) is 22.5 Å². The van der Waals surface area contributed by atoms with Gasteiger partial charge in [-0.2, -0.15) is 0 Å². The molecule has 6 heteroatoms. The number of hydrogen-bond acceptors (Lipinski definition) is 4. The second kappa shape index (κ2) is 5.60. The van der Waals surface area contributed by atoms with Crippen LogP contribution in [0.4, 0.5) is 0 Å². The number of fused-ring (bicyclic) bond motifs is 1. The van der Waals surface area contributed by atoms with E-state index in [4.69, 9.17) is 9.84 Å². The first-order valence-corrected chi connectivity index (χ1v) is 6.71. The Balaban J connectivity index is 1.94. The number of imidazole rings is 1. The maximum Gasteiger partial charge on any atom is 0.309 e. The molecule has 6 nitrogen and oxygen atoms in total. The van der Waals surface area contributed by atoms with E-state index < -0.39 is 5.97 Å². The summed E-state index contributed by atoms with van der Waals surface area (Å²) < 4.78 is 7.32. The predicted molar refractivity (Wildman–Crippen MR) is 72.6 cm³/mol. The molecule has 0 atom stereocenters. The summed E-state index contributed by atoms with van der Waals surface area (Å²) in [6.07, 6.45) is 1.89. The first-order chi connectivity index (χ1) is 9.74. The Bertz CT molecular complexity index is 617. The predicted octanol–water partition coefficient (Wildman–Crippen LogP) is 0.794. The van der Waals surface area contributed by atoms with Crippen molar-refractivity contribution < 1.29 is 14.6 Å². The molecular weight excluding hydrogens is 258 g/mol. The number of carbonyl (C=O) groups is 1. The zero-order valence-corrected chi connectivity index (χ0v) is 11.2. The molecule has 1 aliphatic rings.